The topological polar surface area (TPSA) is 92.3 Å². The van der Waals surface area contributed by atoms with Crippen LogP contribution in [0.5, 0.6) is 0 Å². The zero-order chi connectivity index (χ0) is 13.2. The predicted molar refractivity (Wildman–Crippen MR) is 60.2 cm³/mol. The normalized spacial score (nSPS) is 11.3. The van der Waals surface area contributed by atoms with Crippen molar-refractivity contribution in [1.82, 2.24) is 9.97 Å². The molecule has 0 amide bonds. The zero-order valence-corrected chi connectivity index (χ0v) is 10.3. The minimum atomic E-state index is -1.25. The van der Waals surface area contributed by atoms with Crippen molar-refractivity contribution >= 4 is 11.9 Å². The van der Waals surface area contributed by atoms with Crippen LogP contribution in [0.2, 0.25) is 0 Å². The Kier molecular flexibility index (Phi) is 3.55. The van der Waals surface area contributed by atoms with Crippen molar-refractivity contribution in [2.24, 2.45) is 0 Å². The third-order valence-corrected chi connectivity index (χ3v) is 2.10. The Hall–Kier alpha value is -1.85. The van der Waals surface area contributed by atoms with Crippen molar-refractivity contribution in [3.63, 3.8) is 0 Å². The van der Waals surface area contributed by atoms with Crippen LogP contribution in [0.25, 0.3) is 0 Å². The molecule has 0 atom stereocenters. The number of ether oxygens (including phenoxy) is 1. The first kappa shape index (κ1) is 13.2. The number of hydrogen-bond acceptors (Lipinski definition) is 4. The van der Waals surface area contributed by atoms with E-state index >= 15 is 0 Å². The number of imidazole rings is 1. The SMILES string of the molecule is CCOC(=O)c1[nH]c(C(C)(C)C)nc1C(=O)O. The van der Waals surface area contributed by atoms with Gasteiger partial charge >= 0.3 is 11.9 Å². The molecule has 0 radical (unpaired) electrons. The Morgan fingerprint density at radius 2 is 2.00 bits per heavy atom. The summed E-state index contributed by atoms with van der Waals surface area (Å²) in [6.07, 6.45) is 0. The number of carbonyl (C=O) groups is 2. The number of aromatic carboxylic acids is 1. The summed E-state index contributed by atoms with van der Waals surface area (Å²) in [7, 11) is 0. The summed E-state index contributed by atoms with van der Waals surface area (Å²) < 4.78 is 4.77. The van der Waals surface area contributed by atoms with Gasteiger partial charge in [-0.05, 0) is 6.92 Å². The molecule has 0 aliphatic carbocycles. The van der Waals surface area contributed by atoms with Gasteiger partial charge in [-0.1, -0.05) is 20.8 Å². The van der Waals surface area contributed by atoms with Crippen molar-refractivity contribution in [3.05, 3.63) is 17.2 Å². The number of aromatic nitrogens is 2. The number of carboxylic acid groups (broad SMARTS) is 1. The molecule has 1 rings (SSSR count). The van der Waals surface area contributed by atoms with Crippen LogP contribution in [0.1, 0.15) is 54.5 Å². The molecule has 2 N–H and O–H groups in total. The standard InChI is InChI=1S/C11H16N2O4/c1-5-17-9(16)7-6(8(14)15)12-10(13-7)11(2,3)4/h5H2,1-4H3,(H,12,13)(H,14,15). The molecule has 6 nitrogen and oxygen atoms in total. The molecule has 1 heterocycles. The Morgan fingerprint density at radius 1 is 1.41 bits per heavy atom. The van der Waals surface area contributed by atoms with Crippen LogP contribution in [0, 0.1) is 0 Å². The van der Waals surface area contributed by atoms with E-state index in [0.29, 0.717) is 5.82 Å². The molecular formula is C11H16N2O4. The Bertz CT molecular complexity index is 443. The number of carboxylic acids is 1. The van der Waals surface area contributed by atoms with Crippen LogP contribution in [-0.2, 0) is 10.2 Å². The van der Waals surface area contributed by atoms with E-state index in [9.17, 15) is 9.59 Å². The van der Waals surface area contributed by atoms with E-state index in [1.165, 1.54) is 0 Å². The summed E-state index contributed by atoms with van der Waals surface area (Å²) in [6, 6.07) is 0. The lowest BCUT2D eigenvalue weighted by Gasteiger charge is -2.13. The van der Waals surface area contributed by atoms with Crippen LogP contribution in [0.4, 0.5) is 0 Å². The maximum absolute atomic E-state index is 11.6. The molecule has 0 saturated heterocycles. The molecule has 0 bridgehead atoms. The van der Waals surface area contributed by atoms with Crippen LogP contribution in [0.3, 0.4) is 0 Å². The zero-order valence-electron chi connectivity index (χ0n) is 10.3. The minimum Gasteiger partial charge on any atom is -0.476 e. The van der Waals surface area contributed by atoms with Gasteiger partial charge in [0.15, 0.2) is 11.4 Å². The highest BCUT2D eigenvalue weighted by atomic mass is 16.5. The van der Waals surface area contributed by atoms with Crippen molar-refractivity contribution in [3.8, 4) is 0 Å². The smallest absolute Gasteiger partial charge is 0.357 e. The van der Waals surface area contributed by atoms with Gasteiger partial charge in [-0.25, -0.2) is 14.6 Å². The third-order valence-electron chi connectivity index (χ3n) is 2.10. The molecule has 0 aromatic carbocycles. The van der Waals surface area contributed by atoms with Crippen LogP contribution >= 0.6 is 0 Å². The van der Waals surface area contributed by atoms with Crippen molar-refractivity contribution in [2.75, 3.05) is 6.61 Å². The van der Waals surface area contributed by atoms with E-state index in [1.807, 2.05) is 20.8 Å². The summed E-state index contributed by atoms with van der Waals surface area (Å²) in [4.78, 5) is 29.2. The molecule has 0 unspecified atom stereocenters. The van der Waals surface area contributed by atoms with Gasteiger partial charge in [-0.2, -0.15) is 0 Å². The number of nitrogens with one attached hydrogen (secondary N) is 1. The summed E-state index contributed by atoms with van der Waals surface area (Å²) in [5, 5.41) is 8.97. The fourth-order valence-corrected chi connectivity index (χ4v) is 1.23. The maximum atomic E-state index is 11.6. The van der Waals surface area contributed by atoms with E-state index < -0.39 is 11.9 Å². The highest BCUT2D eigenvalue weighted by Crippen LogP contribution is 2.21. The molecule has 0 spiro atoms. The third kappa shape index (κ3) is 2.83. The van der Waals surface area contributed by atoms with Gasteiger partial charge < -0.3 is 14.8 Å². The molecule has 0 aliphatic heterocycles. The van der Waals surface area contributed by atoms with E-state index in [1.54, 1.807) is 6.92 Å². The number of hydrogen-bond donors (Lipinski definition) is 2. The Balaban J connectivity index is 3.24. The van der Waals surface area contributed by atoms with Gasteiger partial charge in [0.05, 0.1) is 6.61 Å². The van der Waals surface area contributed by atoms with E-state index in [2.05, 4.69) is 9.97 Å². The molecule has 6 heteroatoms. The quantitative estimate of drug-likeness (QED) is 0.782. The average Bonchev–Trinajstić information content (AvgIpc) is 2.61. The molecule has 17 heavy (non-hydrogen) atoms. The van der Waals surface area contributed by atoms with Gasteiger partial charge in [0.25, 0.3) is 0 Å². The second kappa shape index (κ2) is 4.57. The van der Waals surface area contributed by atoms with Gasteiger partial charge in [0.2, 0.25) is 0 Å². The molecule has 1 aromatic rings. The largest absolute Gasteiger partial charge is 0.476 e. The summed E-state index contributed by atoms with van der Waals surface area (Å²) in [5.41, 5.74) is -0.771. The number of carbonyl (C=O) groups excluding carboxylic acids is 1. The highest BCUT2D eigenvalue weighted by molar-refractivity contribution is 5.99. The second-order valence-corrected chi connectivity index (χ2v) is 4.58. The van der Waals surface area contributed by atoms with Crippen molar-refractivity contribution in [2.45, 2.75) is 33.1 Å². The maximum Gasteiger partial charge on any atom is 0.357 e. The monoisotopic (exact) mass is 240 g/mol. The Morgan fingerprint density at radius 3 is 2.41 bits per heavy atom. The number of H-pyrrole nitrogens is 1. The Labute approximate surface area is 99.0 Å². The molecule has 0 aliphatic rings. The lowest BCUT2D eigenvalue weighted by Crippen LogP contribution is -2.14. The van der Waals surface area contributed by atoms with Gasteiger partial charge in [-0.3, -0.25) is 0 Å². The molecular weight excluding hydrogens is 224 g/mol. The van der Waals surface area contributed by atoms with Gasteiger partial charge in [-0.15, -0.1) is 0 Å². The molecule has 1 aromatic heterocycles. The van der Waals surface area contributed by atoms with E-state index in [4.69, 9.17) is 9.84 Å². The highest BCUT2D eigenvalue weighted by Gasteiger charge is 2.27. The number of esters is 1. The second-order valence-electron chi connectivity index (χ2n) is 4.58. The predicted octanol–water partition coefficient (Wildman–Crippen LogP) is 1.58. The lowest BCUT2D eigenvalue weighted by atomic mass is 9.96. The first-order valence-electron chi connectivity index (χ1n) is 5.28. The van der Waals surface area contributed by atoms with Crippen LogP contribution in [-0.4, -0.2) is 33.6 Å². The molecule has 0 saturated carbocycles. The fourth-order valence-electron chi connectivity index (χ4n) is 1.23. The molecule has 0 fully saturated rings. The van der Waals surface area contributed by atoms with Crippen molar-refractivity contribution in [1.29, 1.82) is 0 Å². The van der Waals surface area contributed by atoms with Crippen LogP contribution in [0.15, 0.2) is 0 Å². The number of aromatic amines is 1. The van der Waals surface area contributed by atoms with Gasteiger partial charge in [0, 0.05) is 5.41 Å². The average molecular weight is 240 g/mol. The lowest BCUT2D eigenvalue weighted by molar-refractivity contribution is 0.0507. The first-order chi connectivity index (χ1) is 7.77. The van der Waals surface area contributed by atoms with Crippen molar-refractivity contribution < 1.29 is 19.4 Å². The number of rotatable bonds is 3. The molecule has 94 valence electrons. The van der Waals surface area contributed by atoms with Crippen LogP contribution < -0.4 is 0 Å². The first-order valence-corrected chi connectivity index (χ1v) is 5.28. The summed E-state index contributed by atoms with van der Waals surface area (Å²) >= 11 is 0. The summed E-state index contributed by atoms with van der Waals surface area (Å²) in [5.74, 6) is -1.51. The number of nitrogens with zero attached hydrogens (tertiary/aromatic N) is 1. The van der Waals surface area contributed by atoms with Gasteiger partial charge in [0.1, 0.15) is 5.82 Å². The van der Waals surface area contributed by atoms with E-state index in [0.717, 1.165) is 0 Å². The van der Waals surface area contributed by atoms with E-state index in [-0.39, 0.29) is 23.4 Å². The minimum absolute atomic E-state index is 0.107. The fraction of sp³-hybridized carbons (Fsp3) is 0.545. The summed E-state index contributed by atoms with van der Waals surface area (Å²) in [6.45, 7) is 7.44.